The normalized spacial score (nSPS) is 14.9. The average Bonchev–Trinajstić information content (AvgIpc) is 2.83. The number of nitrogens with one attached hydrogen (secondary N) is 2. The van der Waals surface area contributed by atoms with Crippen molar-refractivity contribution in [3.8, 4) is 0 Å². The molecule has 2 atom stereocenters. The third kappa shape index (κ3) is 3.97. The maximum Gasteiger partial charge on any atom is 0.123 e. The lowest BCUT2D eigenvalue weighted by Gasteiger charge is -2.20. The van der Waals surface area contributed by atoms with Gasteiger partial charge < -0.3 is 10.3 Å². The first-order chi connectivity index (χ1) is 7.81. The Bertz CT molecular complexity index is 256. The Labute approximate surface area is 99.1 Å². The van der Waals surface area contributed by atoms with Crippen molar-refractivity contribution in [1.82, 2.24) is 15.3 Å². The fraction of sp³-hybridized carbons (Fsp3) is 0.769. The summed E-state index contributed by atoms with van der Waals surface area (Å²) in [6.07, 6.45) is 10.1. The van der Waals surface area contributed by atoms with E-state index in [-0.39, 0.29) is 0 Å². The van der Waals surface area contributed by atoms with Crippen molar-refractivity contribution in [1.29, 1.82) is 0 Å². The smallest absolute Gasteiger partial charge is 0.123 e. The standard InChI is InChI=1S/C13H25N3/c1-4-6-7-11(5-2)10-12(14-3)13-15-8-9-16-13/h8-9,11-12,14H,4-7,10H2,1-3H3,(H,15,16). The van der Waals surface area contributed by atoms with Crippen LogP contribution < -0.4 is 5.32 Å². The molecule has 2 N–H and O–H groups in total. The van der Waals surface area contributed by atoms with Gasteiger partial charge in [-0.05, 0) is 19.4 Å². The summed E-state index contributed by atoms with van der Waals surface area (Å²) in [5.41, 5.74) is 0. The molecule has 0 saturated carbocycles. The van der Waals surface area contributed by atoms with Gasteiger partial charge in [0, 0.05) is 12.4 Å². The van der Waals surface area contributed by atoms with Crippen molar-refractivity contribution in [3.63, 3.8) is 0 Å². The summed E-state index contributed by atoms with van der Waals surface area (Å²) < 4.78 is 0. The van der Waals surface area contributed by atoms with Gasteiger partial charge in [-0.1, -0.05) is 39.5 Å². The SMILES string of the molecule is CCCCC(CC)CC(NC)c1ncc[nH]1. The lowest BCUT2D eigenvalue weighted by molar-refractivity contribution is 0.358. The zero-order chi connectivity index (χ0) is 11.8. The highest BCUT2D eigenvalue weighted by atomic mass is 15.0. The van der Waals surface area contributed by atoms with Crippen molar-refractivity contribution in [2.75, 3.05) is 7.05 Å². The van der Waals surface area contributed by atoms with Gasteiger partial charge in [-0.25, -0.2) is 4.98 Å². The highest BCUT2D eigenvalue weighted by molar-refractivity contribution is 4.95. The minimum absolute atomic E-state index is 0.372. The monoisotopic (exact) mass is 223 g/mol. The number of unbranched alkanes of at least 4 members (excludes halogenated alkanes) is 1. The average molecular weight is 223 g/mol. The zero-order valence-corrected chi connectivity index (χ0v) is 10.8. The second-order valence-electron chi connectivity index (χ2n) is 4.47. The summed E-state index contributed by atoms with van der Waals surface area (Å²) in [5, 5.41) is 3.35. The van der Waals surface area contributed by atoms with Crippen LogP contribution in [0.4, 0.5) is 0 Å². The van der Waals surface area contributed by atoms with Gasteiger partial charge in [0.2, 0.25) is 0 Å². The fourth-order valence-electron chi connectivity index (χ4n) is 2.15. The molecule has 0 radical (unpaired) electrons. The predicted octanol–water partition coefficient (Wildman–Crippen LogP) is 3.28. The second kappa shape index (κ2) is 7.44. The van der Waals surface area contributed by atoms with Crippen LogP contribution in [-0.2, 0) is 0 Å². The number of hydrogen-bond donors (Lipinski definition) is 2. The number of imidazole rings is 1. The van der Waals surface area contributed by atoms with Crippen molar-refractivity contribution in [2.45, 2.75) is 52.0 Å². The number of rotatable bonds is 8. The molecular formula is C13H25N3. The molecule has 16 heavy (non-hydrogen) atoms. The summed E-state index contributed by atoms with van der Waals surface area (Å²) in [5.74, 6) is 1.87. The lowest BCUT2D eigenvalue weighted by Crippen LogP contribution is -2.21. The van der Waals surface area contributed by atoms with Crippen LogP contribution in [0, 0.1) is 5.92 Å². The van der Waals surface area contributed by atoms with Gasteiger partial charge in [-0.3, -0.25) is 0 Å². The molecule has 0 saturated heterocycles. The van der Waals surface area contributed by atoms with E-state index in [4.69, 9.17) is 0 Å². The van der Waals surface area contributed by atoms with Gasteiger partial charge >= 0.3 is 0 Å². The second-order valence-corrected chi connectivity index (χ2v) is 4.47. The van der Waals surface area contributed by atoms with E-state index in [1.165, 1.54) is 32.1 Å². The van der Waals surface area contributed by atoms with Crippen molar-refractivity contribution >= 4 is 0 Å². The topological polar surface area (TPSA) is 40.7 Å². The summed E-state index contributed by atoms with van der Waals surface area (Å²) in [6.45, 7) is 4.55. The Kier molecular flexibility index (Phi) is 6.16. The first-order valence-corrected chi connectivity index (χ1v) is 6.48. The quantitative estimate of drug-likeness (QED) is 0.710. The maximum atomic E-state index is 4.34. The van der Waals surface area contributed by atoms with Gasteiger partial charge in [0.15, 0.2) is 0 Å². The van der Waals surface area contributed by atoms with E-state index < -0.39 is 0 Å². The van der Waals surface area contributed by atoms with Crippen molar-refractivity contribution in [3.05, 3.63) is 18.2 Å². The minimum Gasteiger partial charge on any atom is -0.347 e. The van der Waals surface area contributed by atoms with Crippen molar-refractivity contribution < 1.29 is 0 Å². The maximum absolute atomic E-state index is 4.34. The molecular weight excluding hydrogens is 198 g/mol. The van der Waals surface area contributed by atoms with E-state index in [2.05, 4.69) is 29.1 Å². The summed E-state index contributed by atoms with van der Waals surface area (Å²) >= 11 is 0. The molecule has 2 unspecified atom stereocenters. The van der Waals surface area contributed by atoms with Crippen LogP contribution in [-0.4, -0.2) is 17.0 Å². The molecule has 3 nitrogen and oxygen atoms in total. The molecule has 3 heteroatoms. The molecule has 0 aliphatic heterocycles. The molecule has 0 spiro atoms. The first kappa shape index (κ1) is 13.2. The molecule has 0 aliphatic rings. The van der Waals surface area contributed by atoms with Gasteiger partial charge in [0.05, 0.1) is 6.04 Å². The van der Waals surface area contributed by atoms with Gasteiger partial charge in [0.25, 0.3) is 0 Å². The fourth-order valence-corrected chi connectivity index (χ4v) is 2.15. The zero-order valence-electron chi connectivity index (χ0n) is 10.8. The number of nitrogens with zero attached hydrogens (tertiary/aromatic N) is 1. The number of aromatic amines is 1. The molecule has 1 aromatic heterocycles. The van der Waals surface area contributed by atoms with Crippen LogP contribution in [0.3, 0.4) is 0 Å². The highest BCUT2D eigenvalue weighted by Gasteiger charge is 2.16. The molecule has 0 bridgehead atoms. The third-order valence-electron chi connectivity index (χ3n) is 3.31. The van der Waals surface area contributed by atoms with Gasteiger partial charge in [-0.15, -0.1) is 0 Å². The van der Waals surface area contributed by atoms with Crippen molar-refractivity contribution in [2.24, 2.45) is 5.92 Å². The van der Waals surface area contributed by atoms with Gasteiger partial charge in [-0.2, -0.15) is 0 Å². The molecule has 1 rings (SSSR count). The lowest BCUT2D eigenvalue weighted by atomic mass is 9.92. The third-order valence-corrected chi connectivity index (χ3v) is 3.31. The molecule has 1 heterocycles. The summed E-state index contributed by atoms with van der Waals surface area (Å²) in [7, 11) is 2.01. The van der Waals surface area contributed by atoms with Crippen LogP contribution in [0.25, 0.3) is 0 Å². The van der Waals surface area contributed by atoms with Crippen LogP contribution >= 0.6 is 0 Å². The Balaban J connectivity index is 2.47. The first-order valence-electron chi connectivity index (χ1n) is 6.48. The van der Waals surface area contributed by atoms with E-state index in [1.54, 1.807) is 0 Å². The minimum atomic E-state index is 0.372. The van der Waals surface area contributed by atoms with E-state index >= 15 is 0 Å². The van der Waals surface area contributed by atoms with Crippen LogP contribution in [0.15, 0.2) is 12.4 Å². The number of aromatic nitrogens is 2. The molecule has 92 valence electrons. The van der Waals surface area contributed by atoms with Crippen LogP contribution in [0.2, 0.25) is 0 Å². The number of hydrogen-bond acceptors (Lipinski definition) is 2. The number of H-pyrrole nitrogens is 1. The van der Waals surface area contributed by atoms with E-state index in [0.29, 0.717) is 6.04 Å². The van der Waals surface area contributed by atoms with Crippen LogP contribution in [0.5, 0.6) is 0 Å². The largest absolute Gasteiger partial charge is 0.347 e. The van der Waals surface area contributed by atoms with Gasteiger partial charge in [0.1, 0.15) is 5.82 Å². The Morgan fingerprint density at radius 2 is 2.25 bits per heavy atom. The molecule has 1 aromatic rings. The van der Waals surface area contributed by atoms with E-state index in [1.807, 2.05) is 19.4 Å². The molecule has 0 aliphatic carbocycles. The predicted molar refractivity (Wildman–Crippen MR) is 68.3 cm³/mol. The summed E-state index contributed by atoms with van der Waals surface area (Å²) in [4.78, 5) is 7.54. The molecule has 0 aromatic carbocycles. The Morgan fingerprint density at radius 3 is 2.75 bits per heavy atom. The highest BCUT2D eigenvalue weighted by Crippen LogP contribution is 2.24. The Morgan fingerprint density at radius 1 is 1.44 bits per heavy atom. The van der Waals surface area contributed by atoms with E-state index in [9.17, 15) is 0 Å². The van der Waals surface area contributed by atoms with Crippen LogP contribution in [0.1, 0.15) is 57.8 Å². The molecule has 0 amide bonds. The van der Waals surface area contributed by atoms with E-state index in [0.717, 1.165) is 11.7 Å². The molecule has 0 fully saturated rings. The Hall–Kier alpha value is -0.830. The summed E-state index contributed by atoms with van der Waals surface area (Å²) in [6, 6.07) is 0.372.